The van der Waals surface area contributed by atoms with E-state index in [1.54, 1.807) is 0 Å². The summed E-state index contributed by atoms with van der Waals surface area (Å²) in [5.41, 5.74) is -1.02. The molecule has 0 aromatic carbocycles. The number of hydrogen-bond acceptors (Lipinski definition) is 4. The van der Waals surface area contributed by atoms with E-state index in [1.165, 1.54) is 7.11 Å². The molecule has 0 radical (unpaired) electrons. The maximum atomic E-state index is 12.3. The first-order valence-electron chi connectivity index (χ1n) is 6.43. The molecular formula is C13H16O4. The van der Waals surface area contributed by atoms with Gasteiger partial charge in [0.15, 0.2) is 5.78 Å². The highest BCUT2D eigenvalue weighted by Gasteiger charge is 2.86. The van der Waals surface area contributed by atoms with Crippen molar-refractivity contribution in [3.8, 4) is 0 Å². The highest BCUT2D eigenvalue weighted by atomic mass is 16.5. The van der Waals surface area contributed by atoms with Crippen LogP contribution in [0.4, 0.5) is 0 Å². The van der Waals surface area contributed by atoms with Gasteiger partial charge in [-0.15, -0.1) is 0 Å². The Bertz CT molecular complexity index is 420. The number of rotatable bonds is 1. The molecule has 1 spiro atoms. The zero-order valence-electron chi connectivity index (χ0n) is 9.90. The van der Waals surface area contributed by atoms with Crippen molar-refractivity contribution in [3.63, 3.8) is 0 Å². The second-order valence-electron chi connectivity index (χ2n) is 5.88. The minimum atomic E-state index is -0.828. The topological polar surface area (TPSA) is 52.6 Å². The predicted octanol–water partition coefficient (Wildman–Crippen LogP) is 0.934. The van der Waals surface area contributed by atoms with Crippen molar-refractivity contribution in [3.05, 3.63) is 0 Å². The minimum Gasteiger partial charge on any atom is -0.468 e. The Hall–Kier alpha value is -0.900. The van der Waals surface area contributed by atoms with Crippen LogP contribution in [0.2, 0.25) is 0 Å². The number of esters is 1. The highest BCUT2D eigenvalue weighted by molar-refractivity contribution is 6.09. The minimum absolute atomic E-state index is 0.0868. The SMILES string of the molecule is COC(=O)[C@@]12C(=O)CC[C@@]13[C@H]1CC[C@H]3[C@H]2CO1. The highest BCUT2D eigenvalue weighted by Crippen LogP contribution is 2.79. The van der Waals surface area contributed by atoms with Crippen LogP contribution in [0.5, 0.6) is 0 Å². The first-order chi connectivity index (χ1) is 8.19. The molecule has 4 rings (SSSR count). The van der Waals surface area contributed by atoms with Crippen molar-refractivity contribution in [2.75, 3.05) is 13.7 Å². The largest absolute Gasteiger partial charge is 0.468 e. The molecule has 0 N–H and O–H groups in total. The smallest absolute Gasteiger partial charge is 0.320 e. The fourth-order valence-electron chi connectivity index (χ4n) is 5.58. The normalized spacial score (nSPS) is 54.2. The van der Waals surface area contributed by atoms with Crippen LogP contribution in [0.3, 0.4) is 0 Å². The van der Waals surface area contributed by atoms with Crippen LogP contribution in [-0.2, 0) is 19.1 Å². The molecule has 4 heteroatoms. The van der Waals surface area contributed by atoms with Gasteiger partial charge in [-0.05, 0) is 25.2 Å². The maximum absolute atomic E-state index is 12.3. The van der Waals surface area contributed by atoms with Gasteiger partial charge in [-0.25, -0.2) is 0 Å². The number of Topliss-reactive ketones (excluding diaryl/α,β-unsaturated/α-hetero) is 1. The summed E-state index contributed by atoms with van der Waals surface area (Å²) in [5.74, 6) is 0.424. The van der Waals surface area contributed by atoms with Crippen LogP contribution in [0, 0.1) is 22.7 Å². The molecule has 4 aliphatic rings. The Kier molecular flexibility index (Phi) is 1.62. The molecule has 4 fully saturated rings. The lowest BCUT2D eigenvalue weighted by Crippen LogP contribution is -2.74. The predicted molar refractivity (Wildman–Crippen MR) is 57.1 cm³/mol. The van der Waals surface area contributed by atoms with Gasteiger partial charge in [0.1, 0.15) is 5.41 Å². The molecule has 0 aromatic heterocycles. The lowest BCUT2D eigenvalue weighted by atomic mass is 9.38. The number of fused-ring (bicyclic) bond motifs is 1. The molecule has 0 amide bonds. The molecule has 4 bridgehead atoms. The Morgan fingerprint density at radius 1 is 1.41 bits per heavy atom. The molecule has 4 nitrogen and oxygen atoms in total. The second-order valence-corrected chi connectivity index (χ2v) is 5.88. The number of carbonyl (C=O) groups excluding carboxylic acids is 2. The molecule has 1 saturated heterocycles. The quantitative estimate of drug-likeness (QED) is 0.502. The molecule has 0 unspecified atom stereocenters. The molecule has 3 aliphatic carbocycles. The van der Waals surface area contributed by atoms with Crippen LogP contribution < -0.4 is 0 Å². The van der Waals surface area contributed by atoms with E-state index in [0.717, 1.165) is 19.3 Å². The van der Waals surface area contributed by atoms with Crippen molar-refractivity contribution in [2.45, 2.75) is 31.8 Å². The summed E-state index contributed by atoms with van der Waals surface area (Å²) >= 11 is 0. The van der Waals surface area contributed by atoms with Gasteiger partial charge in [-0.1, -0.05) is 0 Å². The van der Waals surface area contributed by atoms with E-state index in [4.69, 9.17) is 9.47 Å². The summed E-state index contributed by atoms with van der Waals surface area (Å²) in [5, 5.41) is 0. The summed E-state index contributed by atoms with van der Waals surface area (Å²) in [6, 6.07) is 0. The van der Waals surface area contributed by atoms with Crippen molar-refractivity contribution >= 4 is 11.8 Å². The Morgan fingerprint density at radius 2 is 2.24 bits per heavy atom. The third kappa shape index (κ3) is 0.717. The third-order valence-corrected chi connectivity index (χ3v) is 5.94. The molecule has 17 heavy (non-hydrogen) atoms. The van der Waals surface area contributed by atoms with Crippen molar-refractivity contribution < 1.29 is 19.1 Å². The zero-order chi connectivity index (χ0) is 11.8. The van der Waals surface area contributed by atoms with E-state index >= 15 is 0 Å². The standard InChI is InChI=1S/C13H16O4/c1-16-11(15)13-8-6-17-10-3-2-7(8)12(10,13)5-4-9(13)14/h7-8,10H,2-6H2,1H3/t7-,8+,10+,12+,13+/m0/s1. The average molecular weight is 236 g/mol. The molecular weight excluding hydrogens is 220 g/mol. The van der Waals surface area contributed by atoms with Gasteiger partial charge in [-0.2, -0.15) is 0 Å². The van der Waals surface area contributed by atoms with Gasteiger partial charge in [0.05, 0.1) is 19.8 Å². The fourth-order valence-corrected chi connectivity index (χ4v) is 5.58. The van der Waals surface area contributed by atoms with Gasteiger partial charge in [-0.3, -0.25) is 9.59 Å². The summed E-state index contributed by atoms with van der Waals surface area (Å²) < 4.78 is 10.8. The lowest BCUT2D eigenvalue weighted by Gasteiger charge is -2.66. The first kappa shape index (κ1) is 10.1. The van der Waals surface area contributed by atoms with E-state index in [1.807, 2.05) is 0 Å². The number of ketones is 1. The number of hydrogen-bond donors (Lipinski definition) is 0. The number of methoxy groups -OCH3 is 1. The summed E-state index contributed by atoms with van der Waals surface area (Å²) in [6.07, 6.45) is 3.59. The van der Waals surface area contributed by atoms with E-state index in [9.17, 15) is 9.59 Å². The fraction of sp³-hybridized carbons (Fsp3) is 0.846. The monoisotopic (exact) mass is 236 g/mol. The molecule has 1 aliphatic heterocycles. The van der Waals surface area contributed by atoms with Crippen molar-refractivity contribution in [1.29, 1.82) is 0 Å². The maximum Gasteiger partial charge on any atom is 0.320 e. The van der Waals surface area contributed by atoms with E-state index in [0.29, 0.717) is 18.9 Å². The van der Waals surface area contributed by atoms with Gasteiger partial charge in [0.25, 0.3) is 0 Å². The molecule has 0 aromatic rings. The van der Waals surface area contributed by atoms with Gasteiger partial charge >= 0.3 is 5.97 Å². The Morgan fingerprint density at radius 3 is 2.94 bits per heavy atom. The summed E-state index contributed by atoms with van der Waals surface area (Å²) in [4.78, 5) is 24.6. The molecule has 1 heterocycles. The van der Waals surface area contributed by atoms with Crippen LogP contribution >= 0.6 is 0 Å². The van der Waals surface area contributed by atoms with Gasteiger partial charge < -0.3 is 9.47 Å². The van der Waals surface area contributed by atoms with Crippen LogP contribution in [0.15, 0.2) is 0 Å². The average Bonchev–Trinajstić information content (AvgIpc) is 2.69. The van der Waals surface area contributed by atoms with E-state index in [2.05, 4.69) is 0 Å². The van der Waals surface area contributed by atoms with Crippen molar-refractivity contribution in [1.82, 2.24) is 0 Å². The lowest BCUT2D eigenvalue weighted by molar-refractivity contribution is -0.278. The Balaban J connectivity index is 1.92. The van der Waals surface area contributed by atoms with Crippen molar-refractivity contribution in [2.24, 2.45) is 22.7 Å². The van der Waals surface area contributed by atoms with Gasteiger partial charge in [0.2, 0.25) is 0 Å². The first-order valence-corrected chi connectivity index (χ1v) is 6.43. The number of ether oxygens (including phenoxy) is 2. The second kappa shape index (κ2) is 2.74. The molecule has 3 saturated carbocycles. The molecule has 92 valence electrons. The summed E-state index contributed by atoms with van der Waals surface area (Å²) in [6.45, 7) is 0.567. The Labute approximate surface area is 99.6 Å². The van der Waals surface area contributed by atoms with Gasteiger partial charge in [0, 0.05) is 17.8 Å². The summed E-state index contributed by atoms with van der Waals surface area (Å²) in [7, 11) is 1.40. The number of carbonyl (C=O) groups is 2. The van der Waals surface area contributed by atoms with E-state index < -0.39 is 5.41 Å². The third-order valence-electron chi connectivity index (χ3n) is 5.94. The zero-order valence-corrected chi connectivity index (χ0v) is 9.90. The van der Waals surface area contributed by atoms with Crippen LogP contribution in [0.25, 0.3) is 0 Å². The molecule has 5 atom stereocenters. The van der Waals surface area contributed by atoms with Crippen LogP contribution in [-0.4, -0.2) is 31.6 Å². The van der Waals surface area contributed by atoms with E-state index in [-0.39, 0.29) is 29.2 Å². The van der Waals surface area contributed by atoms with Crippen LogP contribution in [0.1, 0.15) is 25.7 Å².